The van der Waals surface area contributed by atoms with Gasteiger partial charge in [-0.15, -0.1) is 0 Å². The number of amides is 2. The van der Waals surface area contributed by atoms with E-state index in [1.165, 1.54) is 13.2 Å². The van der Waals surface area contributed by atoms with Crippen molar-refractivity contribution in [1.29, 1.82) is 0 Å². The minimum Gasteiger partial charge on any atom is -0.493 e. The lowest BCUT2D eigenvalue weighted by molar-refractivity contribution is -0.133. The first-order chi connectivity index (χ1) is 15.4. The zero-order chi connectivity index (χ0) is 22.7. The van der Waals surface area contributed by atoms with E-state index in [1.54, 1.807) is 29.2 Å². The first kappa shape index (κ1) is 22.0. The Morgan fingerprint density at radius 3 is 2.75 bits per heavy atom. The number of hydrogen-bond donors (Lipinski definition) is 1. The zero-order valence-corrected chi connectivity index (χ0v) is 17.6. The van der Waals surface area contributed by atoms with Gasteiger partial charge in [0.05, 0.1) is 25.9 Å². The molecule has 0 aliphatic carbocycles. The third-order valence-corrected chi connectivity index (χ3v) is 5.88. The topological polar surface area (TPSA) is 77.1 Å². The molecule has 2 aliphatic rings. The fourth-order valence-corrected chi connectivity index (χ4v) is 4.29. The number of benzene rings is 2. The Kier molecular flexibility index (Phi) is 6.27. The Bertz CT molecular complexity index is 1020. The summed E-state index contributed by atoms with van der Waals surface area (Å²) in [6.07, 6.45) is 0.192. The number of halogens is 2. The maximum atomic E-state index is 14.0. The molecule has 0 saturated carbocycles. The first-order valence-corrected chi connectivity index (χ1v) is 10.3. The predicted octanol–water partition coefficient (Wildman–Crippen LogP) is 2.25. The molecule has 4 rings (SSSR count). The number of para-hydroxylation sites is 2. The van der Waals surface area contributed by atoms with Crippen LogP contribution in [0.15, 0.2) is 42.5 Å². The van der Waals surface area contributed by atoms with E-state index in [-0.39, 0.29) is 51.1 Å². The molecule has 1 N–H and O–H groups in total. The summed E-state index contributed by atoms with van der Waals surface area (Å²) in [7, 11) is 1.51. The van der Waals surface area contributed by atoms with Gasteiger partial charge in [-0.2, -0.15) is 0 Å². The summed E-state index contributed by atoms with van der Waals surface area (Å²) in [4.78, 5) is 26.9. The van der Waals surface area contributed by atoms with Gasteiger partial charge in [-0.1, -0.05) is 18.2 Å². The minimum atomic E-state index is -0.984. The van der Waals surface area contributed by atoms with Crippen molar-refractivity contribution in [3.63, 3.8) is 0 Å². The smallest absolute Gasteiger partial charge is 0.260 e. The number of methoxy groups -OCH3 is 1. The molecule has 0 aromatic heterocycles. The molecular formula is C23H24F2N2O5. The molecule has 1 spiro atoms. The molecule has 2 atom stereocenters. The standard InChI is InChI=1S/C23H24F2N2O5/c1-30-19-4-2-3-5-20(19)32-12-22(29)27-11-16(15-6-7-17(24)18(25)10-15)23(13-27)14-31-9-8-21(28)26-23/h2-7,10,16H,8-9,11-14H2,1H3,(H,26,28)/t16-,23-/m0/s1. The molecule has 2 aromatic rings. The Morgan fingerprint density at radius 2 is 2.00 bits per heavy atom. The lowest BCUT2D eigenvalue weighted by atomic mass is 9.82. The molecule has 2 heterocycles. The quantitative estimate of drug-likeness (QED) is 0.763. The third kappa shape index (κ3) is 4.38. The lowest BCUT2D eigenvalue weighted by Gasteiger charge is -2.33. The average Bonchev–Trinajstić information content (AvgIpc) is 3.05. The molecule has 2 amide bonds. The summed E-state index contributed by atoms with van der Waals surface area (Å²) in [5.74, 6) is -2.01. The summed E-state index contributed by atoms with van der Waals surface area (Å²) < 4.78 is 44.0. The average molecular weight is 446 g/mol. The second kappa shape index (κ2) is 9.12. The van der Waals surface area contributed by atoms with Gasteiger partial charge in [-0.25, -0.2) is 8.78 Å². The summed E-state index contributed by atoms with van der Waals surface area (Å²) in [6.45, 7) is 0.525. The molecule has 2 saturated heterocycles. The van der Waals surface area contributed by atoms with E-state index in [1.807, 2.05) is 0 Å². The van der Waals surface area contributed by atoms with Crippen LogP contribution in [-0.2, 0) is 14.3 Å². The van der Waals surface area contributed by atoms with Crippen molar-refractivity contribution in [2.24, 2.45) is 0 Å². The Hall–Kier alpha value is -3.20. The van der Waals surface area contributed by atoms with Crippen LogP contribution in [0.25, 0.3) is 0 Å². The molecule has 0 bridgehead atoms. The summed E-state index contributed by atoms with van der Waals surface area (Å²) in [5.41, 5.74) is -0.464. The molecule has 2 fully saturated rings. The zero-order valence-electron chi connectivity index (χ0n) is 17.6. The van der Waals surface area contributed by atoms with E-state index in [2.05, 4.69) is 5.32 Å². The van der Waals surface area contributed by atoms with Gasteiger partial charge < -0.3 is 24.4 Å². The minimum absolute atomic E-state index is 0.152. The van der Waals surface area contributed by atoms with Crippen LogP contribution in [0.1, 0.15) is 17.9 Å². The highest BCUT2D eigenvalue weighted by atomic mass is 19.2. The van der Waals surface area contributed by atoms with Crippen LogP contribution in [0.2, 0.25) is 0 Å². The Labute approximate surface area is 184 Å². The number of nitrogens with one attached hydrogen (secondary N) is 1. The van der Waals surface area contributed by atoms with Gasteiger partial charge in [0.25, 0.3) is 5.91 Å². The van der Waals surface area contributed by atoms with E-state index in [4.69, 9.17) is 14.2 Å². The van der Waals surface area contributed by atoms with Crippen molar-refractivity contribution >= 4 is 11.8 Å². The number of carbonyl (C=O) groups excluding carboxylic acids is 2. The molecule has 9 heteroatoms. The molecule has 32 heavy (non-hydrogen) atoms. The van der Waals surface area contributed by atoms with Crippen LogP contribution in [0.5, 0.6) is 11.5 Å². The second-order valence-corrected chi connectivity index (χ2v) is 7.95. The largest absolute Gasteiger partial charge is 0.493 e. The van der Waals surface area contributed by atoms with Crippen molar-refractivity contribution in [3.05, 3.63) is 59.7 Å². The summed E-state index contributed by atoms with van der Waals surface area (Å²) in [6, 6.07) is 10.6. The number of rotatable bonds is 5. The molecule has 0 unspecified atom stereocenters. The molecule has 170 valence electrons. The molecule has 0 radical (unpaired) electrons. The van der Waals surface area contributed by atoms with Crippen LogP contribution in [0.4, 0.5) is 8.78 Å². The molecule has 7 nitrogen and oxygen atoms in total. The van der Waals surface area contributed by atoms with Crippen LogP contribution < -0.4 is 14.8 Å². The Balaban J connectivity index is 1.56. The van der Waals surface area contributed by atoms with Crippen LogP contribution >= 0.6 is 0 Å². The summed E-state index contributed by atoms with van der Waals surface area (Å²) >= 11 is 0. The van der Waals surface area contributed by atoms with Gasteiger partial charge in [-0.05, 0) is 29.8 Å². The number of nitrogens with zero attached hydrogens (tertiary/aromatic N) is 1. The fourth-order valence-electron chi connectivity index (χ4n) is 4.29. The number of carbonyl (C=O) groups is 2. The summed E-state index contributed by atoms with van der Waals surface area (Å²) in [5, 5.41) is 2.98. The van der Waals surface area contributed by atoms with Gasteiger partial charge >= 0.3 is 0 Å². The van der Waals surface area contributed by atoms with Crippen LogP contribution in [0.3, 0.4) is 0 Å². The van der Waals surface area contributed by atoms with Crippen LogP contribution in [0, 0.1) is 11.6 Å². The van der Waals surface area contributed by atoms with E-state index in [0.29, 0.717) is 17.1 Å². The van der Waals surface area contributed by atoms with Crippen molar-refractivity contribution in [3.8, 4) is 11.5 Å². The van der Waals surface area contributed by atoms with E-state index >= 15 is 0 Å². The molecule has 2 aromatic carbocycles. The van der Waals surface area contributed by atoms with E-state index in [9.17, 15) is 18.4 Å². The predicted molar refractivity (Wildman–Crippen MR) is 110 cm³/mol. The Morgan fingerprint density at radius 1 is 1.22 bits per heavy atom. The second-order valence-electron chi connectivity index (χ2n) is 7.95. The van der Waals surface area contributed by atoms with Gasteiger partial charge in [0.15, 0.2) is 29.7 Å². The number of ether oxygens (including phenoxy) is 3. The van der Waals surface area contributed by atoms with E-state index in [0.717, 1.165) is 12.1 Å². The van der Waals surface area contributed by atoms with Crippen molar-refractivity contribution in [2.45, 2.75) is 17.9 Å². The normalized spacial score (nSPS) is 23.0. The van der Waals surface area contributed by atoms with Gasteiger partial charge in [-0.3, -0.25) is 9.59 Å². The maximum absolute atomic E-state index is 14.0. The van der Waals surface area contributed by atoms with Gasteiger partial charge in [0.1, 0.15) is 0 Å². The molecular weight excluding hydrogens is 422 g/mol. The fraction of sp³-hybridized carbons (Fsp3) is 0.391. The highest BCUT2D eigenvalue weighted by molar-refractivity contribution is 5.80. The number of likely N-dealkylation sites (tertiary alicyclic amines) is 1. The highest BCUT2D eigenvalue weighted by Gasteiger charge is 2.50. The van der Waals surface area contributed by atoms with Crippen molar-refractivity contribution < 1.29 is 32.6 Å². The number of hydrogen-bond acceptors (Lipinski definition) is 5. The highest BCUT2D eigenvalue weighted by Crippen LogP contribution is 2.38. The third-order valence-electron chi connectivity index (χ3n) is 5.88. The lowest BCUT2D eigenvalue weighted by Crippen LogP contribution is -2.55. The van der Waals surface area contributed by atoms with Gasteiger partial charge in [0.2, 0.25) is 5.91 Å². The van der Waals surface area contributed by atoms with Crippen LogP contribution in [-0.4, -0.2) is 62.3 Å². The van der Waals surface area contributed by atoms with Crippen molar-refractivity contribution in [1.82, 2.24) is 10.2 Å². The maximum Gasteiger partial charge on any atom is 0.260 e. The molecule has 2 aliphatic heterocycles. The van der Waals surface area contributed by atoms with Gasteiger partial charge in [0, 0.05) is 25.4 Å². The SMILES string of the molecule is COc1ccccc1OCC(=O)N1C[C@@H](c2ccc(F)c(F)c2)[C@@]2(COCCC(=O)N2)C1. The van der Waals surface area contributed by atoms with Crippen molar-refractivity contribution in [2.75, 3.05) is 40.0 Å². The first-order valence-electron chi connectivity index (χ1n) is 10.3. The monoisotopic (exact) mass is 446 g/mol. The van der Waals surface area contributed by atoms with E-state index < -0.39 is 23.1 Å².